The third-order valence-corrected chi connectivity index (χ3v) is 8.89. The summed E-state index contributed by atoms with van der Waals surface area (Å²) in [6, 6.07) is 20.1. The summed E-state index contributed by atoms with van der Waals surface area (Å²) in [5.41, 5.74) is 15.0. The van der Waals surface area contributed by atoms with Gasteiger partial charge in [-0.15, -0.1) is 11.3 Å². The van der Waals surface area contributed by atoms with Crippen LogP contribution < -0.4 is 0 Å². The molecule has 6 rings (SSSR count). The van der Waals surface area contributed by atoms with Crippen molar-refractivity contribution in [3.63, 3.8) is 0 Å². The zero-order valence-corrected chi connectivity index (χ0v) is 23.7. The lowest BCUT2D eigenvalue weighted by atomic mass is 9.82. The van der Waals surface area contributed by atoms with Gasteiger partial charge in [0.15, 0.2) is 0 Å². The first kappa shape index (κ1) is 23.9. The molecule has 0 aliphatic carbocycles. The maximum Gasteiger partial charge on any atom is 0.0793 e. The Balaban J connectivity index is 1.55. The highest BCUT2D eigenvalue weighted by Gasteiger charge is 2.26. The molecule has 0 unspecified atom stereocenters. The molecule has 5 aromatic rings. The Morgan fingerprint density at radius 1 is 0.919 bits per heavy atom. The van der Waals surface area contributed by atoms with Crippen molar-refractivity contribution in [3.8, 4) is 0 Å². The number of H-pyrrole nitrogens is 1. The van der Waals surface area contributed by atoms with Gasteiger partial charge in [0.05, 0.1) is 21.6 Å². The van der Waals surface area contributed by atoms with Gasteiger partial charge in [-0.3, -0.25) is 0 Å². The van der Waals surface area contributed by atoms with E-state index in [-0.39, 0.29) is 5.41 Å². The molecule has 3 aromatic carbocycles. The molecule has 0 saturated carbocycles. The van der Waals surface area contributed by atoms with E-state index in [1.165, 1.54) is 70.5 Å². The first-order valence-corrected chi connectivity index (χ1v) is 14.0. The number of hydrogen-bond donors (Lipinski definition) is 1. The van der Waals surface area contributed by atoms with Gasteiger partial charge in [-0.05, 0) is 73.1 Å². The van der Waals surface area contributed by atoms with Gasteiger partial charge in [-0.1, -0.05) is 75.7 Å². The Hall–Kier alpha value is -3.43. The lowest BCUT2D eigenvalue weighted by Crippen LogP contribution is -2.14. The maximum absolute atomic E-state index is 5.33. The van der Waals surface area contributed by atoms with Gasteiger partial charge in [0, 0.05) is 32.5 Å². The van der Waals surface area contributed by atoms with Crippen molar-refractivity contribution in [2.24, 2.45) is 4.99 Å². The molecule has 186 valence electrons. The molecular weight excluding hydrogens is 468 g/mol. The first-order chi connectivity index (χ1) is 17.7. The molecular formula is C34H34N2S. The van der Waals surface area contributed by atoms with Crippen molar-refractivity contribution in [2.45, 2.75) is 60.3 Å². The Morgan fingerprint density at radius 3 is 2.35 bits per heavy atom. The monoisotopic (exact) mass is 502 g/mol. The predicted molar refractivity (Wildman–Crippen MR) is 162 cm³/mol. The second-order valence-electron chi connectivity index (χ2n) is 11.4. The van der Waals surface area contributed by atoms with E-state index in [2.05, 4.69) is 114 Å². The van der Waals surface area contributed by atoms with Crippen LogP contribution in [0.5, 0.6) is 0 Å². The summed E-state index contributed by atoms with van der Waals surface area (Å²) in [6.07, 6.45) is 3.26. The predicted octanol–water partition coefficient (Wildman–Crippen LogP) is 9.52. The molecule has 1 aliphatic rings. The number of thiophene rings is 1. The minimum Gasteiger partial charge on any atom is -0.353 e. The standard InChI is InChI=1S/C34H34N2S/c1-8-23-27(36-32-25-11-9-10-12-29(25)37-33(23)32)18-28-26-15-19(2)13-14-24(26)31(35-28)30-20(3)16-22(17-21(30)4)34(5,6)7/h9-18,36H,8H2,1-7H3. The van der Waals surface area contributed by atoms with Crippen LogP contribution in [0.4, 0.5) is 0 Å². The third kappa shape index (κ3) is 3.88. The molecule has 0 spiro atoms. The average Bonchev–Trinajstić information content (AvgIpc) is 3.48. The second kappa shape index (κ2) is 8.56. The molecule has 0 bridgehead atoms. The normalized spacial score (nSPS) is 14.7. The highest BCUT2D eigenvalue weighted by Crippen LogP contribution is 2.40. The van der Waals surface area contributed by atoms with Gasteiger partial charge in [0.25, 0.3) is 0 Å². The van der Waals surface area contributed by atoms with Crippen LogP contribution in [-0.4, -0.2) is 10.7 Å². The molecule has 0 radical (unpaired) electrons. The van der Waals surface area contributed by atoms with Crippen LogP contribution in [0.25, 0.3) is 32.1 Å². The van der Waals surface area contributed by atoms with E-state index >= 15 is 0 Å². The topological polar surface area (TPSA) is 28.1 Å². The molecule has 2 aromatic heterocycles. The third-order valence-electron chi connectivity index (χ3n) is 7.66. The van der Waals surface area contributed by atoms with Gasteiger partial charge in [-0.2, -0.15) is 0 Å². The number of aromatic nitrogens is 1. The fraction of sp³-hybridized carbons (Fsp3) is 0.265. The molecule has 3 heteroatoms. The number of benzene rings is 3. The molecule has 0 fully saturated rings. The van der Waals surface area contributed by atoms with Gasteiger partial charge < -0.3 is 4.98 Å². The van der Waals surface area contributed by atoms with Crippen LogP contribution in [0.15, 0.2) is 59.6 Å². The van der Waals surface area contributed by atoms with Gasteiger partial charge in [0.1, 0.15) is 0 Å². The zero-order valence-electron chi connectivity index (χ0n) is 22.8. The number of nitrogens with zero attached hydrogens (tertiary/aromatic N) is 1. The summed E-state index contributed by atoms with van der Waals surface area (Å²) < 4.78 is 2.70. The van der Waals surface area contributed by atoms with E-state index in [1.54, 1.807) is 0 Å². The van der Waals surface area contributed by atoms with Gasteiger partial charge >= 0.3 is 0 Å². The fourth-order valence-electron chi connectivity index (χ4n) is 5.71. The van der Waals surface area contributed by atoms with Crippen molar-refractivity contribution >= 4 is 49.1 Å². The molecule has 1 aliphatic heterocycles. The zero-order chi connectivity index (χ0) is 26.1. The second-order valence-corrected chi connectivity index (χ2v) is 12.5. The number of hydrogen-bond acceptors (Lipinski definition) is 2. The van der Waals surface area contributed by atoms with Crippen molar-refractivity contribution in [1.82, 2.24) is 4.98 Å². The number of rotatable bonds is 3. The highest BCUT2D eigenvalue weighted by molar-refractivity contribution is 7.26. The Kier molecular flexibility index (Phi) is 5.54. The Morgan fingerprint density at radius 2 is 1.65 bits per heavy atom. The summed E-state index contributed by atoms with van der Waals surface area (Å²) >= 11 is 1.89. The van der Waals surface area contributed by atoms with Crippen molar-refractivity contribution < 1.29 is 0 Å². The van der Waals surface area contributed by atoms with E-state index in [4.69, 9.17) is 4.99 Å². The molecule has 0 atom stereocenters. The molecule has 37 heavy (non-hydrogen) atoms. The molecule has 0 saturated heterocycles. The fourth-order valence-corrected chi connectivity index (χ4v) is 7.00. The number of aryl methyl sites for hydroxylation is 4. The lowest BCUT2D eigenvalue weighted by Gasteiger charge is -2.22. The van der Waals surface area contributed by atoms with Crippen LogP contribution in [0.3, 0.4) is 0 Å². The maximum atomic E-state index is 5.33. The van der Waals surface area contributed by atoms with Gasteiger partial charge in [-0.25, -0.2) is 4.99 Å². The van der Waals surface area contributed by atoms with Crippen molar-refractivity contribution in [1.29, 1.82) is 0 Å². The van der Waals surface area contributed by atoms with Crippen LogP contribution >= 0.6 is 11.3 Å². The van der Waals surface area contributed by atoms with E-state index in [9.17, 15) is 0 Å². The largest absolute Gasteiger partial charge is 0.353 e. The quantitative estimate of drug-likeness (QED) is 0.254. The molecule has 0 amide bonds. The van der Waals surface area contributed by atoms with Crippen LogP contribution in [-0.2, 0) is 11.8 Å². The summed E-state index contributed by atoms with van der Waals surface area (Å²) in [5, 5.41) is 1.30. The molecule has 2 nitrogen and oxygen atoms in total. The van der Waals surface area contributed by atoms with E-state index in [1.807, 2.05) is 11.3 Å². The Bertz CT molecular complexity index is 1740. The minimum absolute atomic E-state index is 0.118. The number of fused-ring (bicyclic) bond motifs is 4. The molecule has 3 heterocycles. The number of aromatic amines is 1. The van der Waals surface area contributed by atoms with E-state index in [0.717, 1.165) is 17.8 Å². The first-order valence-electron chi connectivity index (χ1n) is 13.2. The molecule has 1 N–H and O–H groups in total. The van der Waals surface area contributed by atoms with Crippen molar-refractivity contribution in [3.05, 3.63) is 105 Å². The smallest absolute Gasteiger partial charge is 0.0793 e. The van der Waals surface area contributed by atoms with Crippen LogP contribution in [0.1, 0.15) is 77.9 Å². The average molecular weight is 503 g/mol. The van der Waals surface area contributed by atoms with E-state index < -0.39 is 0 Å². The number of aliphatic imine (C=N–C) groups is 1. The van der Waals surface area contributed by atoms with Crippen LogP contribution in [0.2, 0.25) is 0 Å². The minimum atomic E-state index is 0.118. The van der Waals surface area contributed by atoms with Crippen LogP contribution in [0, 0.1) is 20.8 Å². The SMILES string of the molecule is CCc1c(C=C2N=C(c3c(C)cc(C(C)(C)C)cc3C)c3ccc(C)cc32)[nH]c2c1sc1ccccc12. The highest BCUT2D eigenvalue weighted by atomic mass is 32.1. The summed E-state index contributed by atoms with van der Waals surface area (Å²) in [6.45, 7) is 15.7. The summed E-state index contributed by atoms with van der Waals surface area (Å²) in [7, 11) is 0. The summed E-state index contributed by atoms with van der Waals surface area (Å²) in [5.74, 6) is 0. The summed E-state index contributed by atoms with van der Waals surface area (Å²) in [4.78, 5) is 9.11. The lowest BCUT2D eigenvalue weighted by molar-refractivity contribution is 0.589. The van der Waals surface area contributed by atoms with Gasteiger partial charge in [0.2, 0.25) is 0 Å². The number of nitrogens with one attached hydrogen (secondary N) is 1. The van der Waals surface area contributed by atoms with Crippen molar-refractivity contribution in [2.75, 3.05) is 0 Å². The Labute approximate surface area is 223 Å². The van der Waals surface area contributed by atoms with E-state index in [0.29, 0.717) is 0 Å².